The fourth-order valence-electron chi connectivity index (χ4n) is 5.06. The molecule has 0 aliphatic carbocycles. The van der Waals surface area contributed by atoms with Crippen molar-refractivity contribution in [1.82, 2.24) is 14.4 Å². The Morgan fingerprint density at radius 3 is 2.40 bits per heavy atom. The number of halogens is 1. The van der Waals surface area contributed by atoms with E-state index in [-0.39, 0.29) is 11.7 Å². The van der Waals surface area contributed by atoms with Gasteiger partial charge in [-0.3, -0.25) is 4.79 Å². The fourth-order valence-corrected chi connectivity index (χ4v) is 5.06. The highest BCUT2D eigenvalue weighted by molar-refractivity contribution is 5.99. The maximum Gasteiger partial charge on any atom is 0.270 e. The van der Waals surface area contributed by atoms with Gasteiger partial charge in [0, 0.05) is 35.6 Å². The lowest BCUT2D eigenvalue weighted by Gasteiger charge is -2.36. The molecule has 0 spiro atoms. The van der Waals surface area contributed by atoms with Crippen LogP contribution in [0.1, 0.15) is 41.7 Å². The van der Waals surface area contributed by atoms with Crippen molar-refractivity contribution in [3.05, 3.63) is 71.7 Å². The zero-order chi connectivity index (χ0) is 20.5. The molecule has 0 saturated carbocycles. The lowest BCUT2D eigenvalue weighted by atomic mass is 10.0. The number of fused-ring (bicyclic) bond motifs is 1. The molecular formula is C25H28FN3O. The summed E-state index contributed by atoms with van der Waals surface area (Å²) in [5, 5.41) is 1.02. The summed E-state index contributed by atoms with van der Waals surface area (Å²) in [5.74, 6) is -0.178. The van der Waals surface area contributed by atoms with Gasteiger partial charge in [-0.2, -0.15) is 0 Å². The summed E-state index contributed by atoms with van der Waals surface area (Å²) in [5.41, 5.74) is 2.22. The molecular weight excluding hydrogens is 377 g/mol. The molecule has 5 heteroatoms. The fraction of sp³-hybridized carbons (Fsp3) is 0.400. The number of piperidine rings is 1. The molecule has 5 rings (SSSR count). The van der Waals surface area contributed by atoms with Crippen molar-refractivity contribution in [2.75, 3.05) is 26.2 Å². The molecule has 30 heavy (non-hydrogen) atoms. The molecule has 1 aromatic heterocycles. The second-order valence-corrected chi connectivity index (χ2v) is 8.53. The second-order valence-electron chi connectivity index (χ2n) is 8.53. The van der Waals surface area contributed by atoms with Crippen molar-refractivity contribution in [2.24, 2.45) is 0 Å². The molecule has 156 valence electrons. The predicted octanol–water partition coefficient (Wildman–Crippen LogP) is 4.53. The second kappa shape index (κ2) is 8.23. The van der Waals surface area contributed by atoms with Gasteiger partial charge in [-0.15, -0.1) is 0 Å². The molecule has 2 fully saturated rings. The number of hydrogen-bond donors (Lipinski definition) is 0. The Morgan fingerprint density at radius 2 is 1.63 bits per heavy atom. The van der Waals surface area contributed by atoms with Crippen LogP contribution in [-0.2, 0) is 6.54 Å². The lowest BCUT2D eigenvalue weighted by Crippen LogP contribution is -2.46. The molecule has 3 aromatic rings. The van der Waals surface area contributed by atoms with Crippen molar-refractivity contribution in [3.8, 4) is 0 Å². The number of likely N-dealkylation sites (tertiary alicyclic amines) is 2. The van der Waals surface area contributed by atoms with Crippen LogP contribution in [-0.4, -0.2) is 52.5 Å². The highest BCUT2D eigenvalue weighted by atomic mass is 19.1. The van der Waals surface area contributed by atoms with E-state index in [0.29, 0.717) is 23.8 Å². The molecule has 2 saturated heterocycles. The van der Waals surface area contributed by atoms with Crippen LogP contribution in [0.15, 0.2) is 54.6 Å². The summed E-state index contributed by atoms with van der Waals surface area (Å²) >= 11 is 0. The van der Waals surface area contributed by atoms with Crippen LogP contribution in [0.4, 0.5) is 4.39 Å². The minimum Gasteiger partial charge on any atom is -0.337 e. The molecule has 0 atom stereocenters. The molecule has 4 nitrogen and oxygen atoms in total. The zero-order valence-electron chi connectivity index (χ0n) is 17.3. The maximum atomic E-state index is 14.3. The summed E-state index contributed by atoms with van der Waals surface area (Å²) in [6.45, 7) is 4.35. The van der Waals surface area contributed by atoms with Crippen molar-refractivity contribution >= 4 is 16.8 Å². The molecule has 0 N–H and O–H groups in total. The van der Waals surface area contributed by atoms with Crippen molar-refractivity contribution in [3.63, 3.8) is 0 Å². The first-order valence-corrected chi connectivity index (χ1v) is 11.1. The van der Waals surface area contributed by atoms with Gasteiger partial charge in [0.1, 0.15) is 11.5 Å². The van der Waals surface area contributed by atoms with Crippen LogP contribution in [0.3, 0.4) is 0 Å². The first-order valence-electron chi connectivity index (χ1n) is 11.1. The normalized spacial score (nSPS) is 18.4. The maximum absolute atomic E-state index is 14.3. The molecule has 2 aromatic carbocycles. The predicted molar refractivity (Wildman–Crippen MR) is 117 cm³/mol. The molecule has 3 heterocycles. The molecule has 1 amide bonds. The topological polar surface area (TPSA) is 28.5 Å². The van der Waals surface area contributed by atoms with Gasteiger partial charge < -0.3 is 14.4 Å². The summed E-state index contributed by atoms with van der Waals surface area (Å²) in [7, 11) is 0. The number of benzene rings is 2. The van der Waals surface area contributed by atoms with Gasteiger partial charge in [-0.1, -0.05) is 36.4 Å². The standard InChI is InChI=1S/C25H28FN3O/c26-22-9-3-1-8-20(22)18-29-23-10-4-2-7-19(23)17-24(29)25(30)28-15-11-21(12-16-28)27-13-5-6-14-27/h1-4,7-10,17,21H,5-6,11-16,18H2. The highest BCUT2D eigenvalue weighted by Crippen LogP contribution is 2.26. The van der Waals surface area contributed by atoms with E-state index in [9.17, 15) is 9.18 Å². The van der Waals surface area contributed by atoms with Crippen LogP contribution in [0, 0.1) is 5.82 Å². The number of hydrogen-bond acceptors (Lipinski definition) is 2. The van der Waals surface area contributed by atoms with Crippen molar-refractivity contribution < 1.29 is 9.18 Å². The largest absolute Gasteiger partial charge is 0.337 e. The number of carbonyl (C=O) groups is 1. The third-order valence-electron chi connectivity index (χ3n) is 6.72. The van der Waals surface area contributed by atoms with Gasteiger partial charge in [-0.25, -0.2) is 4.39 Å². The molecule has 0 radical (unpaired) electrons. The van der Waals surface area contributed by atoms with Gasteiger partial charge >= 0.3 is 0 Å². The number of para-hydroxylation sites is 1. The summed E-state index contributed by atoms with van der Waals surface area (Å²) in [6.07, 6.45) is 4.68. The van der Waals surface area contributed by atoms with E-state index in [2.05, 4.69) is 4.90 Å². The first-order chi connectivity index (χ1) is 14.7. The monoisotopic (exact) mass is 405 g/mol. The quantitative estimate of drug-likeness (QED) is 0.638. The van der Waals surface area contributed by atoms with Crippen LogP contribution in [0.2, 0.25) is 0 Å². The minimum atomic E-state index is -0.236. The Hall–Kier alpha value is -2.66. The lowest BCUT2D eigenvalue weighted by molar-refractivity contribution is 0.0635. The van der Waals surface area contributed by atoms with Crippen LogP contribution < -0.4 is 0 Å². The van der Waals surface area contributed by atoms with Gasteiger partial charge in [0.2, 0.25) is 0 Å². The smallest absolute Gasteiger partial charge is 0.270 e. The molecule has 2 aliphatic rings. The molecule has 0 unspecified atom stereocenters. The number of aromatic nitrogens is 1. The Bertz CT molecular complexity index is 1050. The number of nitrogens with zero attached hydrogens (tertiary/aromatic N) is 3. The minimum absolute atomic E-state index is 0.0578. The molecule has 2 aliphatic heterocycles. The first kappa shape index (κ1) is 19.3. The van der Waals surface area contributed by atoms with Crippen LogP contribution in [0.5, 0.6) is 0 Å². The third kappa shape index (κ3) is 3.63. The van der Waals surface area contributed by atoms with Crippen molar-refractivity contribution in [1.29, 1.82) is 0 Å². The highest BCUT2D eigenvalue weighted by Gasteiger charge is 2.30. The van der Waals surface area contributed by atoms with Crippen LogP contribution in [0.25, 0.3) is 10.9 Å². The van der Waals surface area contributed by atoms with E-state index in [1.165, 1.54) is 32.0 Å². The average Bonchev–Trinajstić information content (AvgIpc) is 3.44. The summed E-state index contributed by atoms with van der Waals surface area (Å²) in [6, 6.07) is 17.4. The van der Waals surface area contributed by atoms with E-state index in [4.69, 9.17) is 0 Å². The van der Waals surface area contributed by atoms with E-state index >= 15 is 0 Å². The summed E-state index contributed by atoms with van der Waals surface area (Å²) in [4.78, 5) is 18.1. The number of carbonyl (C=O) groups excluding carboxylic acids is 1. The third-order valence-corrected chi connectivity index (χ3v) is 6.72. The van der Waals surface area contributed by atoms with Gasteiger partial charge in [0.05, 0.1) is 6.54 Å². The SMILES string of the molecule is O=C(c1cc2ccccc2n1Cc1ccccc1F)N1CCC(N2CCCC2)CC1. The Balaban J connectivity index is 1.41. The van der Waals surface area contributed by atoms with E-state index in [1.807, 2.05) is 45.9 Å². The van der Waals surface area contributed by atoms with Crippen molar-refractivity contribution in [2.45, 2.75) is 38.3 Å². The Labute approximate surface area is 176 Å². The van der Waals surface area contributed by atoms with Crippen LogP contribution >= 0.6 is 0 Å². The number of rotatable bonds is 4. The van der Waals surface area contributed by atoms with E-state index < -0.39 is 0 Å². The number of amides is 1. The van der Waals surface area contributed by atoms with Gasteiger partial charge in [0.15, 0.2) is 0 Å². The Morgan fingerprint density at radius 1 is 0.933 bits per heavy atom. The van der Waals surface area contributed by atoms with Gasteiger partial charge in [-0.05, 0) is 57.0 Å². The van der Waals surface area contributed by atoms with E-state index in [0.717, 1.165) is 36.8 Å². The van der Waals surface area contributed by atoms with Gasteiger partial charge in [0.25, 0.3) is 5.91 Å². The zero-order valence-corrected chi connectivity index (χ0v) is 17.3. The summed E-state index contributed by atoms with van der Waals surface area (Å²) < 4.78 is 16.3. The Kier molecular flexibility index (Phi) is 5.30. The van der Waals surface area contributed by atoms with E-state index in [1.54, 1.807) is 12.1 Å². The average molecular weight is 406 g/mol. The molecule has 0 bridgehead atoms.